The molecule has 0 saturated heterocycles. The fourth-order valence-electron chi connectivity index (χ4n) is 2.18. The molecule has 5 nitrogen and oxygen atoms in total. The van der Waals surface area contributed by atoms with Crippen LogP contribution in [0.3, 0.4) is 0 Å². The second-order valence-corrected chi connectivity index (χ2v) is 4.31. The number of halogens is 1. The second-order valence-electron chi connectivity index (χ2n) is 4.31. The first-order valence-electron chi connectivity index (χ1n) is 5.74. The quantitative estimate of drug-likeness (QED) is 0.837. The smallest absolute Gasteiger partial charge is 0.413 e. The standard InChI is InChI=1S/C13H10FNO4/c14-8-3-1-7(2-4-8)9-5-18-6-10-11(9)19-13(17)15-12(10)16/h1-4,9H,5-6H2,(H,15,16,17). The van der Waals surface area contributed by atoms with Crippen molar-refractivity contribution in [3.63, 3.8) is 0 Å². The molecule has 0 fully saturated rings. The van der Waals surface area contributed by atoms with Crippen molar-refractivity contribution >= 4 is 0 Å². The lowest BCUT2D eigenvalue weighted by atomic mass is 9.93. The molecule has 0 saturated carbocycles. The summed E-state index contributed by atoms with van der Waals surface area (Å²) in [5.74, 6) is -1.23. The number of hydrogen-bond acceptors (Lipinski definition) is 4. The normalized spacial score (nSPS) is 18.1. The van der Waals surface area contributed by atoms with Crippen molar-refractivity contribution in [2.45, 2.75) is 12.5 Å². The van der Waals surface area contributed by atoms with Gasteiger partial charge in [-0.05, 0) is 17.7 Å². The van der Waals surface area contributed by atoms with Crippen molar-refractivity contribution < 1.29 is 13.5 Å². The summed E-state index contributed by atoms with van der Waals surface area (Å²) in [6, 6.07) is 5.79. The summed E-state index contributed by atoms with van der Waals surface area (Å²) < 4.78 is 23.3. The highest BCUT2D eigenvalue weighted by Crippen LogP contribution is 2.29. The van der Waals surface area contributed by atoms with E-state index in [0.29, 0.717) is 11.3 Å². The van der Waals surface area contributed by atoms with Crippen LogP contribution in [0.5, 0.6) is 0 Å². The number of aromatic nitrogens is 1. The minimum absolute atomic E-state index is 0.103. The summed E-state index contributed by atoms with van der Waals surface area (Å²) in [6.45, 7) is 0.386. The second kappa shape index (κ2) is 4.47. The van der Waals surface area contributed by atoms with Crippen molar-refractivity contribution in [2.75, 3.05) is 6.61 Å². The fourth-order valence-corrected chi connectivity index (χ4v) is 2.18. The third kappa shape index (κ3) is 2.10. The van der Waals surface area contributed by atoms with E-state index in [1.54, 1.807) is 12.1 Å². The number of H-pyrrole nitrogens is 1. The first kappa shape index (κ1) is 11.9. The van der Waals surface area contributed by atoms with Gasteiger partial charge in [0.15, 0.2) is 0 Å². The van der Waals surface area contributed by atoms with Crippen LogP contribution in [0.4, 0.5) is 4.39 Å². The number of aromatic amines is 1. The molecule has 1 atom stereocenters. The van der Waals surface area contributed by atoms with Crippen LogP contribution in [0, 0.1) is 5.82 Å². The van der Waals surface area contributed by atoms with Crippen LogP contribution in [0.1, 0.15) is 22.8 Å². The highest BCUT2D eigenvalue weighted by atomic mass is 19.1. The lowest BCUT2D eigenvalue weighted by Gasteiger charge is -2.23. The predicted molar refractivity (Wildman–Crippen MR) is 63.5 cm³/mol. The molecule has 3 rings (SSSR count). The number of ether oxygens (including phenoxy) is 1. The fraction of sp³-hybridized carbons (Fsp3) is 0.231. The van der Waals surface area contributed by atoms with Gasteiger partial charge in [-0.3, -0.25) is 9.78 Å². The van der Waals surface area contributed by atoms with Gasteiger partial charge in [-0.2, -0.15) is 0 Å². The number of benzene rings is 1. The average Bonchev–Trinajstić information content (AvgIpc) is 2.39. The van der Waals surface area contributed by atoms with Gasteiger partial charge in [0.1, 0.15) is 11.6 Å². The molecule has 6 heteroatoms. The van der Waals surface area contributed by atoms with Crippen LogP contribution in [-0.2, 0) is 11.3 Å². The van der Waals surface area contributed by atoms with Crippen LogP contribution >= 0.6 is 0 Å². The third-order valence-electron chi connectivity index (χ3n) is 3.11. The molecule has 0 aliphatic carbocycles. The van der Waals surface area contributed by atoms with Crippen LogP contribution in [0.25, 0.3) is 0 Å². The Bertz CT molecular complexity index is 717. The van der Waals surface area contributed by atoms with Crippen LogP contribution in [-0.4, -0.2) is 11.6 Å². The maximum Gasteiger partial charge on any atom is 0.419 e. The Morgan fingerprint density at radius 3 is 2.68 bits per heavy atom. The Labute approximate surface area is 106 Å². The SMILES string of the molecule is O=c1[nH]c(=O)c2c(o1)C(c1ccc(F)cc1)COC2. The Balaban J connectivity index is 2.15. The van der Waals surface area contributed by atoms with E-state index < -0.39 is 11.3 Å². The Hall–Kier alpha value is -2.21. The first-order chi connectivity index (χ1) is 9.15. The van der Waals surface area contributed by atoms with Gasteiger partial charge in [0.2, 0.25) is 0 Å². The van der Waals surface area contributed by atoms with Crippen LogP contribution in [0.2, 0.25) is 0 Å². The van der Waals surface area contributed by atoms with Crippen LogP contribution in [0.15, 0.2) is 38.3 Å². The van der Waals surface area contributed by atoms with Crippen molar-refractivity contribution in [3.05, 3.63) is 67.9 Å². The topological polar surface area (TPSA) is 72.3 Å². The highest BCUT2D eigenvalue weighted by Gasteiger charge is 2.27. The van der Waals surface area contributed by atoms with Crippen molar-refractivity contribution in [1.29, 1.82) is 0 Å². The summed E-state index contributed by atoms with van der Waals surface area (Å²) in [5.41, 5.74) is 0.536. The maximum absolute atomic E-state index is 12.9. The summed E-state index contributed by atoms with van der Waals surface area (Å²) in [5, 5.41) is 0. The minimum Gasteiger partial charge on any atom is -0.413 e. The van der Waals surface area contributed by atoms with Gasteiger partial charge in [0.25, 0.3) is 5.56 Å². The molecule has 98 valence electrons. The molecule has 2 aromatic rings. The minimum atomic E-state index is -0.794. The Kier molecular flexibility index (Phi) is 2.79. The van der Waals surface area contributed by atoms with Gasteiger partial charge in [-0.15, -0.1) is 0 Å². The molecule has 0 amide bonds. The zero-order chi connectivity index (χ0) is 13.4. The van der Waals surface area contributed by atoms with E-state index in [-0.39, 0.29) is 24.9 Å². The van der Waals surface area contributed by atoms with Crippen molar-refractivity contribution in [3.8, 4) is 0 Å². The number of nitrogens with one attached hydrogen (secondary N) is 1. The van der Waals surface area contributed by atoms with Gasteiger partial charge >= 0.3 is 5.76 Å². The van der Waals surface area contributed by atoms with Gasteiger partial charge in [-0.1, -0.05) is 12.1 Å². The number of rotatable bonds is 1. The summed E-state index contributed by atoms with van der Waals surface area (Å²) >= 11 is 0. The van der Waals surface area contributed by atoms with Crippen molar-refractivity contribution in [2.24, 2.45) is 0 Å². The molecule has 1 aromatic heterocycles. The summed E-state index contributed by atoms with van der Waals surface area (Å²) in [6.07, 6.45) is 0. The molecule has 0 bridgehead atoms. The Morgan fingerprint density at radius 2 is 1.95 bits per heavy atom. The molecular formula is C13H10FNO4. The summed E-state index contributed by atoms with van der Waals surface area (Å²) in [7, 11) is 0. The molecule has 1 N–H and O–H groups in total. The van der Waals surface area contributed by atoms with E-state index in [1.807, 2.05) is 0 Å². The highest BCUT2D eigenvalue weighted by molar-refractivity contribution is 5.32. The predicted octanol–water partition coefficient (Wildman–Crippen LogP) is 1.13. The van der Waals surface area contributed by atoms with Crippen LogP contribution < -0.4 is 11.3 Å². The molecule has 2 heterocycles. The summed E-state index contributed by atoms with van der Waals surface area (Å²) in [4.78, 5) is 25.0. The molecule has 1 aromatic carbocycles. The lowest BCUT2D eigenvalue weighted by molar-refractivity contribution is 0.0854. The Morgan fingerprint density at radius 1 is 1.21 bits per heavy atom. The molecule has 1 aliphatic heterocycles. The van der Waals surface area contributed by atoms with Gasteiger partial charge in [0.05, 0.1) is 24.7 Å². The molecule has 19 heavy (non-hydrogen) atoms. The number of hydrogen-bond donors (Lipinski definition) is 1. The van der Waals surface area contributed by atoms with Gasteiger partial charge < -0.3 is 9.15 Å². The van der Waals surface area contributed by atoms with E-state index in [1.165, 1.54) is 12.1 Å². The lowest BCUT2D eigenvalue weighted by Crippen LogP contribution is -2.30. The molecule has 1 aliphatic rings. The van der Waals surface area contributed by atoms with E-state index in [4.69, 9.17) is 9.15 Å². The number of fused-ring (bicyclic) bond motifs is 1. The average molecular weight is 263 g/mol. The zero-order valence-electron chi connectivity index (χ0n) is 9.81. The van der Waals surface area contributed by atoms with E-state index in [2.05, 4.69) is 4.98 Å². The van der Waals surface area contributed by atoms with E-state index >= 15 is 0 Å². The van der Waals surface area contributed by atoms with Gasteiger partial charge in [-0.25, -0.2) is 9.18 Å². The molecule has 0 radical (unpaired) electrons. The molecular weight excluding hydrogens is 253 g/mol. The molecule has 1 unspecified atom stereocenters. The third-order valence-corrected chi connectivity index (χ3v) is 3.11. The molecule has 0 spiro atoms. The first-order valence-corrected chi connectivity index (χ1v) is 5.74. The maximum atomic E-state index is 12.9. The van der Waals surface area contributed by atoms with Gasteiger partial charge in [0, 0.05) is 0 Å². The largest absolute Gasteiger partial charge is 0.419 e. The van der Waals surface area contributed by atoms with E-state index in [9.17, 15) is 14.0 Å². The van der Waals surface area contributed by atoms with E-state index in [0.717, 1.165) is 5.56 Å². The monoisotopic (exact) mass is 263 g/mol. The zero-order valence-corrected chi connectivity index (χ0v) is 9.81. The van der Waals surface area contributed by atoms with Crippen molar-refractivity contribution in [1.82, 2.24) is 4.98 Å².